The van der Waals surface area contributed by atoms with Gasteiger partial charge in [-0.15, -0.1) is 10.2 Å². The molecule has 0 unspecified atom stereocenters. The van der Waals surface area contributed by atoms with Crippen LogP contribution >= 0.6 is 15.9 Å². The average molecular weight is 186 g/mol. The van der Waals surface area contributed by atoms with Gasteiger partial charge in [0.05, 0.1) is 2.74 Å². The first-order valence-corrected chi connectivity index (χ1v) is 2.85. The SMILES string of the molecule is [2H]c1c(Br)nnc(C#N)c1[2H]. The summed E-state index contributed by atoms with van der Waals surface area (Å²) in [6.07, 6.45) is 0. The predicted octanol–water partition coefficient (Wildman–Crippen LogP) is 1.11. The predicted molar refractivity (Wildman–Crippen MR) is 34.4 cm³/mol. The lowest BCUT2D eigenvalue weighted by Gasteiger charge is -1.84. The van der Waals surface area contributed by atoms with Crippen molar-refractivity contribution in [1.29, 1.82) is 5.26 Å². The molecule has 9 heavy (non-hydrogen) atoms. The maximum atomic E-state index is 8.36. The van der Waals surface area contributed by atoms with Crippen LogP contribution in [0.25, 0.3) is 0 Å². The molecule has 0 N–H and O–H groups in total. The molecule has 0 saturated heterocycles. The van der Waals surface area contributed by atoms with E-state index in [1.807, 2.05) is 0 Å². The van der Waals surface area contributed by atoms with E-state index in [1.54, 1.807) is 6.07 Å². The largest absolute Gasteiger partial charge is 0.191 e. The zero-order chi connectivity index (χ0) is 8.43. The first-order valence-electron chi connectivity index (χ1n) is 3.06. The molecule has 1 rings (SSSR count). The number of nitrogens with zero attached hydrogens (tertiary/aromatic N) is 3. The molecule has 0 aliphatic heterocycles. The highest BCUT2D eigenvalue weighted by molar-refractivity contribution is 9.10. The second kappa shape index (κ2) is 2.55. The summed E-state index contributed by atoms with van der Waals surface area (Å²) < 4.78 is 14.6. The summed E-state index contributed by atoms with van der Waals surface area (Å²) in [4.78, 5) is 0. The highest BCUT2D eigenvalue weighted by Crippen LogP contribution is 2.01. The lowest BCUT2D eigenvalue weighted by molar-refractivity contribution is 0.985. The molecule has 0 saturated carbocycles. The monoisotopic (exact) mass is 185 g/mol. The number of nitriles is 1. The molecular formula is C5H2BrN3. The summed E-state index contributed by atoms with van der Waals surface area (Å²) in [5.74, 6) is 0. The fourth-order valence-corrected chi connectivity index (χ4v) is 0.483. The molecule has 1 aromatic rings. The Bertz CT molecular complexity index is 333. The molecule has 0 aromatic carbocycles. The molecule has 3 nitrogen and oxygen atoms in total. The van der Waals surface area contributed by atoms with Gasteiger partial charge in [0, 0.05) is 0 Å². The van der Waals surface area contributed by atoms with Crippen molar-refractivity contribution < 1.29 is 2.74 Å². The first kappa shape index (κ1) is 3.96. The lowest BCUT2D eigenvalue weighted by Crippen LogP contribution is -1.84. The van der Waals surface area contributed by atoms with Crippen molar-refractivity contribution in [2.75, 3.05) is 0 Å². The van der Waals surface area contributed by atoms with Gasteiger partial charge in [-0.25, -0.2) is 0 Å². The van der Waals surface area contributed by atoms with Gasteiger partial charge in [0.1, 0.15) is 10.7 Å². The van der Waals surface area contributed by atoms with E-state index in [1.165, 1.54) is 0 Å². The van der Waals surface area contributed by atoms with Gasteiger partial charge in [-0.1, -0.05) is 0 Å². The van der Waals surface area contributed by atoms with Crippen LogP contribution in [0.3, 0.4) is 0 Å². The molecule has 0 radical (unpaired) electrons. The third-order valence-electron chi connectivity index (χ3n) is 0.628. The fraction of sp³-hybridized carbons (Fsp3) is 0. The first-order chi connectivity index (χ1) is 5.16. The molecule has 44 valence electrons. The topological polar surface area (TPSA) is 49.6 Å². The van der Waals surface area contributed by atoms with Gasteiger partial charge in [0.15, 0.2) is 5.69 Å². The number of hydrogen-bond donors (Lipinski definition) is 0. The van der Waals surface area contributed by atoms with Crippen LogP contribution in [0, 0.1) is 11.3 Å². The Morgan fingerprint density at radius 1 is 1.67 bits per heavy atom. The fourth-order valence-electron chi connectivity index (χ4n) is 0.305. The highest BCUT2D eigenvalue weighted by Gasteiger charge is 1.89. The summed E-state index contributed by atoms with van der Waals surface area (Å²) >= 11 is 2.92. The summed E-state index contributed by atoms with van der Waals surface area (Å²) in [5.41, 5.74) is -0.127. The van der Waals surface area contributed by atoms with Crippen LogP contribution in [-0.2, 0) is 0 Å². The van der Waals surface area contributed by atoms with Crippen LogP contribution in [0.1, 0.15) is 8.44 Å². The Hall–Kier alpha value is -0.950. The molecule has 0 aliphatic rings. The average Bonchev–Trinajstić information content (AvgIpc) is 2.01. The van der Waals surface area contributed by atoms with Crippen LogP contribution in [0.2, 0.25) is 0 Å². The smallest absolute Gasteiger partial charge is 0.163 e. The molecule has 0 aliphatic carbocycles. The molecule has 0 spiro atoms. The van der Waals surface area contributed by atoms with Gasteiger partial charge < -0.3 is 0 Å². The van der Waals surface area contributed by atoms with E-state index in [4.69, 9.17) is 8.00 Å². The molecule has 0 fully saturated rings. The standard InChI is InChI=1S/C5H2BrN3/c6-5-2-1-4(3-7)8-9-5/h1-2H/i1D,2D. The van der Waals surface area contributed by atoms with E-state index in [-0.39, 0.29) is 22.4 Å². The number of hydrogen-bond acceptors (Lipinski definition) is 3. The minimum Gasteiger partial charge on any atom is -0.191 e. The molecule has 1 aromatic heterocycles. The Labute approximate surface area is 63.3 Å². The normalized spacial score (nSPS) is 11.6. The van der Waals surface area contributed by atoms with Crippen LogP contribution in [0.4, 0.5) is 0 Å². The van der Waals surface area contributed by atoms with Gasteiger partial charge in [-0.2, -0.15) is 5.26 Å². The Morgan fingerprint density at radius 3 is 3.11 bits per heavy atom. The van der Waals surface area contributed by atoms with Crippen molar-refractivity contribution in [3.8, 4) is 6.07 Å². The molecule has 0 bridgehead atoms. The third-order valence-corrected chi connectivity index (χ3v) is 0.985. The van der Waals surface area contributed by atoms with Crippen molar-refractivity contribution in [2.45, 2.75) is 0 Å². The van der Waals surface area contributed by atoms with Gasteiger partial charge in [0.2, 0.25) is 0 Å². The molecular weight excluding hydrogens is 182 g/mol. The van der Waals surface area contributed by atoms with E-state index >= 15 is 0 Å². The van der Waals surface area contributed by atoms with Crippen molar-refractivity contribution in [3.05, 3.63) is 22.4 Å². The van der Waals surface area contributed by atoms with E-state index in [9.17, 15) is 0 Å². The van der Waals surface area contributed by atoms with E-state index in [2.05, 4.69) is 26.1 Å². The number of rotatable bonds is 0. The maximum absolute atomic E-state index is 8.36. The highest BCUT2D eigenvalue weighted by atomic mass is 79.9. The van der Waals surface area contributed by atoms with Gasteiger partial charge in [-0.05, 0) is 28.0 Å². The maximum Gasteiger partial charge on any atom is 0.163 e. The van der Waals surface area contributed by atoms with Crippen LogP contribution < -0.4 is 0 Å². The zero-order valence-corrected chi connectivity index (χ0v) is 5.81. The number of halogens is 1. The summed E-state index contributed by atoms with van der Waals surface area (Å²) in [7, 11) is 0. The second-order valence-electron chi connectivity index (χ2n) is 1.20. The second-order valence-corrected chi connectivity index (χ2v) is 1.95. The van der Waals surface area contributed by atoms with Crippen LogP contribution in [-0.4, -0.2) is 10.2 Å². The minimum absolute atomic E-state index is 0.114. The summed E-state index contributed by atoms with van der Waals surface area (Å²) in [6.45, 7) is 0. The lowest BCUT2D eigenvalue weighted by atomic mass is 10.4. The van der Waals surface area contributed by atoms with Gasteiger partial charge in [-0.3, -0.25) is 0 Å². The molecule has 1 heterocycles. The van der Waals surface area contributed by atoms with Crippen molar-refractivity contribution in [3.63, 3.8) is 0 Å². The van der Waals surface area contributed by atoms with Crippen LogP contribution in [0.15, 0.2) is 16.7 Å². The van der Waals surface area contributed by atoms with Crippen molar-refractivity contribution >= 4 is 15.9 Å². The summed E-state index contributed by atoms with van der Waals surface area (Å²) in [6, 6.07) is 1.35. The summed E-state index contributed by atoms with van der Waals surface area (Å²) in [5, 5.41) is 15.2. The van der Waals surface area contributed by atoms with E-state index in [0.717, 1.165) is 0 Å². The van der Waals surface area contributed by atoms with E-state index < -0.39 is 0 Å². The Balaban J connectivity index is 3.40. The Kier molecular flexibility index (Phi) is 1.12. The van der Waals surface area contributed by atoms with Gasteiger partial charge in [0.25, 0.3) is 0 Å². The van der Waals surface area contributed by atoms with Gasteiger partial charge >= 0.3 is 0 Å². The third kappa shape index (κ3) is 1.47. The molecule has 0 amide bonds. The number of aromatic nitrogens is 2. The minimum atomic E-state index is -0.200. The van der Waals surface area contributed by atoms with Crippen LogP contribution in [0.5, 0.6) is 0 Å². The van der Waals surface area contributed by atoms with E-state index in [0.29, 0.717) is 0 Å². The Morgan fingerprint density at radius 2 is 2.44 bits per heavy atom. The molecule has 4 heteroatoms. The van der Waals surface area contributed by atoms with Crippen molar-refractivity contribution in [2.24, 2.45) is 0 Å². The quantitative estimate of drug-likeness (QED) is 0.609. The molecule has 0 atom stereocenters. The zero-order valence-electron chi connectivity index (χ0n) is 6.22. The van der Waals surface area contributed by atoms with Crippen molar-refractivity contribution in [1.82, 2.24) is 10.2 Å².